The Hall–Kier alpha value is -7.40. The number of benzene rings is 6. The molecule has 356 valence electrons. The third-order valence-electron chi connectivity index (χ3n) is 13.3. The van der Waals surface area contributed by atoms with Crippen molar-refractivity contribution in [3.8, 4) is 11.5 Å². The lowest BCUT2D eigenvalue weighted by atomic mass is 9.79. The summed E-state index contributed by atoms with van der Waals surface area (Å²) in [5.41, 5.74) is 4.69. The molecular formula is C60H58N2O8. The Morgan fingerprint density at radius 3 is 1.16 bits per heavy atom. The summed E-state index contributed by atoms with van der Waals surface area (Å²) >= 11 is 0. The molecular weight excluding hydrogens is 877 g/mol. The number of carbonyl (C=O) groups is 2. The molecule has 2 aliphatic rings. The normalized spacial score (nSPS) is 15.8. The molecule has 10 heteroatoms. The zero-order valence-corrected chi connectivity index (χ0v) is 40.0. The molecule has 4 atom stereocenters. The summed E-state index contributed by atoms with van der Waals surface area (Å²) in [5.74, 6) is 0.322. The Balaban J connectivity index is 0.000000174. The van der Waals surface area contributed by atoms with Crippen LogP contribution in [0.15, 0.2) is 182 Å². The Morgan fingerprint density at radius 1 is 0.457 bits per heavy atom. The molecule has 2 saturated carbocycles. The van der Waals surface area contributed by atoms with Crippen molar-refractivity contribution in [1.82, 2.24) is 9.97 Å². The fourth-order valence-electron chi connectivity index (χ4n) is 9.24. The molecule has 0 aliphatic heterocycles. The molecule has 4 unspecified atom stereocenters. The van der Waals surface area contributed by atoms with Crippen LogP contribution in [-0.2, 0) is 39.7 Å². The van der Waals surface area contributed by atoms with Crippen LogP contribution in [0.25, 0.3) is 21.8 Å². The van der Waals surface area contributed by atoms with Crippen LogP contribution in [0, 0.1) is 0 Å². The number of methoxy groups -OCH3 is 4. The third kappa shape index (κ3) is 10.6. The number of nitrogens with zero attached hydrogens (tertiary/aromatic N) is 2. The molecule has 6 aromatic carbocycles. The molecule has 0 amide bonds. The SMILES string of the molecule is COC(=O)C(CC(c1ccc(OC)cc1)c1ccc2ccccc2n1)(OC1CC1)c1ccccc1.COC(=O)C(CC(c1ccc(OC)cc1)c1ccc2ccccc2n1)(OC1CC1)c1ccccc1. The third-order valence-corrected chi connectivity index (χ3v) is 13.3. The van der Waals surface area contributed by atoms with Crippen LogP contribution in [0.3, 0.4) is 0 Å². The lowest BCUT2D eigenvalue weighted by Gasteiger charge is -2.35. The lowest BCUT2D eigenvalue weighted by molar-refractivity contribution is -0.176. The molecule has 70 heavy (non-hydrogen) atoms. The Bertz CT molecular complexity index is 2810. The first kappa shape index (κ1) is 47.7. The quantitative estimate of drug-likeness (QED) is 0.0770. The average Bonchev–Trinajstić information content (AvgIpc) is 4.39. The largest absolute Gasteiger partial charge is 0.497 e. The van der Waals surface area contributed by atoms with Gasteiger partial charge in [-0.2, -0.15) is 0 Å². The van der Waals surface area contributed by atoms with Crippen LogP contribution < -0.4 is 9.47 Å². The molecule has 10 nitrogen and oxygen atoms in total. The topological polar surface area (TPSA) is 115 Å². The van der Waals surface area contributed by atoms with Crippen LogP contribution in [0.5, 0.6) is 11.5 Å². The second-order valence-electron chi connectivity index (χ2n) is 17.9. The number of esters is 2. The highest BCUT2D eigenvalue weighted by molar-refractivity contribution is 5.83. The van der Waals surface area contributed by atoms with Crippen molar-refractivity contribution in [2.45, 2.75) is 73.8 Å². The summed E-state index contributed by atoms with van der Waals surface area (Å²) in [7, 11) is 6.15. The average molecular weight is 935 g/mol. The van der Waals surface area contributed by atoms with Gasteiger partial charge in [-0.15, -0.1) is 0 Å². The minimum Gasteiger partial charge on any atom is -0.497 e. The molecule has 0 saturated heterocycles. The first-order valence-corrected chi connectivity index (χ1v) is 23.9. The van der Waals surface area contributed by atoms with Crippen LogP contribution in [0.1, 0.15) is 84.0 Å². The number of rotatable bonds is 18. The summed E-state index contributed by atoms with van der Waals surface area (Å²) < 4.78 is 34.7. The molecule has 2 heterocycles. The van der Waals surface area contributed by atoms with Gasteiger partial charge < -0.3 is 28.4 Å². The van der Waals surface area contributed by atoms with Crippen LogP contribution in [0.4, 0.5) is 0 Å². The minimum atomic E-state index is -1.25. The van der Waals surface area contributed by atoms with Crippen molar-refractivity contribution in [3.63, 3.8) is 0 Å². The molecule has 0 bridgehead atoms. The van der Waals surface area contributed by atoms with Crippen LogP contribution in [0.2, 0.25) is 0 Å². The number of pyridine rings is 2. The second-order valence-corrected chi connectivity index (χ2v) is 17.9. The van der Waals surface area contributed by atoms with Gasteiger partial charge in [-0.05, 0) is 96.5 Å². The highest BCUT2D eigenvalue weighted by Gasteiger charge is 2.50. The molecule has 8 aromatic rings. The Labute approximate surface area is 409 Å². The molecule has 2 aliphatic carbocycles. The zero-order chi connectivity index (χ0) is 48.5. The van der Waals surface area contributed by atoms with Gasteiger partial charge in [0.15, 0.2) is 11.2 Å². The van der Waals surface area contributed by atoms with Crippen LogP contribution in [-0.4, -0.2) is 62.6 Å². The van der Waals surface area contributed by atoms with Crippen molar-refractivity contribution >= 4 is 33.7 Å². The highest BCUT2D eigenvalue weighted by Crippen LogP contribution is 2.47. The van der Waals surface area contributed by atoms with E-state index in [9.17, 15) is 9.59 Å². The number of ether oxygens (including phenoxy) is 6. The van der Waals surface area contributed by atoms with Crippen molar-refractivity contribution in [3.05, 3.63) is 216 Å². The van der Waals surface area contributed by atoms with E-state index in [0.717, 1.165) is 92.6 Å². The van der Waals surface area contributed by atoms with E-state index >= 15 is 0 Å². The van der Waals surface area contributed by atoms with Gasteiger partial charge in [0.05, 0.1) is 51.7 Å². The van der Waals surface area contributed by atoms with E-state index in [1.54, 1.807) is 14.2 Å². The van der Waals surface area contributed by atoms with Crippen molar-refractivity contribution in [2.75, 3.05) is 28.4 Å². The minimum absolute atomic E-state index is 0.0374. The van der Waals surface area contributed by atoms with E-state index < -0.39 is 23.1 Å². The molecule has 2 aromatic heterocycles. The number of hydrogen-bond acceptors (Lipinski definition) is 10. The highest BCUT2D eigenvalue weighted by atomic mass is 16.6. The Morgan fingerprint density at radius 2 is 0.814 bits per heavy atom. The summed E-state index contributed by atoms with van der Waals surface area (Å²) in [4.78, 5) is 37.1. The summed E-state index contributed by atoms with van der Waals surface area (Å²) in [5, 5.41) is 2.14. The number of para-hydroxylation sites is 2. The second kappa shape index (κ2) is 21.5. The van der Waals surface area contributed by atoms with Crippen molar-refractivity contribution < 1.29 is 38.0 Å². The van der Waals surface area contributed by atoms with E-state index in [1.165, 1.54) is 14.2 Å². The first-order chi connectivity index (χ1) is 34.2. The predicted molar refractivity (Wildman–Crippen MR) is 271 cm³/mol. The number of fused-ring (bicyclic) bond motifs is 2. The standard InChI is InChI=1S/2C30H29NO4/c2*1-33-24-15-12-21(13-16-24)26(28-19-14-22-8-6-7-11-27(22)31-28)20-30(29(32)34-2,35-25-17-18-25)23-9-4-3-5-10-23/h2*3-16,19,25-26H,17-18,20H2,1-2H3. The molecule has 2 fully saturated rings. The zero-order valence-electron chi connectivity index (χ0n) is 40.0. The van der Waals surface area contributed by atoms with Crippen molar-refractivity contribution in [1.29, 1.82) is 0 Å². The smallest absolute Gasteiger partial charge is 0.342 e. The lowest BCUT2D eigenvalue weighted by Crippen LogP contribution is -2.42. The fourth-order valence-corrected chi connectivity index (χ4v) is 9.24. The fraction of sp³-hybridized carbons (Fsp3) is 0.267. The van der Waals surface area contributed by atoms with E-state index in [2.05, 4.69) is 12.1 Å². The van der Waals surface area contributed by atoms with Gasteiger partial charge in [0.2, 0.25) is 0 Å². The number of hydrogen-bond donors (Lipinski definition) is 0. The van der Waals surface area contributed by atoms with Gasteiger partial charge in [-0.3, -0.25) is 9.97 Å². The molecule has 0 radical (unpaired) electrons. The van der Waals surface area contributed by atoms with Gasteiger partial charge in [0.25, 0.3) is 0 Å². The Kier molecular flexibility index (Phi) is 14.6. The summed E-state index contributed by atoms with van der Waals surface area (Å²) in [6, 6.07) is 59.6. The first-order valence-electron chi connectivity index (χ1n) is 23.9. The van der Waals surface area contributed by atoms with Gasteiger partial charge in [0.1, 0.15) is 11.5 Å². The maximum absolute atomic E-state index is 13.5. The van der Waals surface area contributed by atoms with Gasteiger partial charge in [-0.25, -0.2) is 9.59 Å². The summed E-state index contributed by atoms with van der Waals surface area (Å²) in [6.45, 7) is 0. The monoisotopic (exact) mass is 934 g/mol. The number of carbonyl (C=O) groups excluding carboxylic acids is 2. The predicted octanol–water partition coefficient (Wildman–Crippen LogP) is 12.0. The molecule has 0 spiro atoms. The van der Waals surface area contributed by atoms with Gasteiger partial charge in [0, 0.05) is 46.8 Å². The van der Waals surface area contributed by atoms with Crippen LogP contribution >= 0.6 is 0 Å². The van der Waals surface area contributed by atoms with Gasteiger partial charge >= 0.3 is 11.9 Å². The maximum atomic E-state index is 13.5. The van der Waals surface area contributed by atoms with Crippen molar-refractivity contribution in [2.24, 2.45) is 0 Å². The van der Waals surface area contributed by atoms with E-state index in [4.69, 9.17) is 38.4 Å². The molecule has 0 N–H and O–H groups in total. The van der Waals surface area contributed by atoms with Gasteiger partial charge in [-0.1, -0.05) is 133 Å². The number of aromatic nitrogens is 2. The van der Waals surface area contributed by atoms with E-state index in [-0.39, 0.29) is 24.0 Å². The summed E-state index contributed by atoms with van der Waals surface area (Å²) in [6.07, 6.45) is 4.54. The van der Waals surface area contributed by atoms with E-state index in [0.29, 0.717) is 12.8 Å². The molecule has 10 rings (SSSR count). The maximum Gasteiger partial charge on any atom is 0.342 e. The van der Waals surface area contributed by atoms with E-state index in [1.807, 2.05) is 170 Å².